The molecule has 27 heavy (non-hydrogen) atoms. The van der Waals surface area contributed by atoms with Gasteiger partial charge in [-0.2, -0.15) is 4.98 Å². The number of fused-ring (bicyclic) bond motifs is 1. The average molecular weight is 373 g/mol. The van der Waals surface area contributed by atoms with Gasteiger partial charge in [-0.25, -0.2) is 4.79 Å². The van der Waals surface area contributed by atoms with Crippen LogP contribution in [0.15, 0.2) is 27.9 Å². The number of aromatic nitrogens is 5. The van der Waals surface area contributed by atoms with Crippen LogP contribution >= 0.6 is 0 Å². The predicted molar refractivity (Wildman–Crippen MR) is 100 cm³/mol. The molecule has 3 rings (SSSR count). The van der Waals surface area contributed by atoms with Gasteiger partial charge in [0.2, 0.25) is 0 Å². The fraction of sp³-hybridized carbons (Fsp3) is 0.444. The number of hydrogen-bond acceptors (Lipinski definition) is 6. The summed E-state index contributed by atoms with van der Waals surface area (Å²) in [6, 6.07) is 4.09. The third-order valence-corrected chi connectivity index (χ3v) is 4.30. The number of pyridine rings is 1. The fourth-order valence-corrected chi connectivity index (χ4v) is 2.92. The minimum absolute atomic E-state index is 0.107. The second kappa shape index (κ2) is 7.75. The van der Waals surface area contributed by atoms with Crippen LogP contribution in [0.5, 0.6) is 6.01 Å². The van der Waals surface area contributed by atoms with Crippen LogP contribution in [0.25, 0.3) is 11.2 Å². The molecule has 9 nitrogen and oxygen atoms in total. The van der Waals surface area contributed by atoms with Crippen LogP contribution in [0, 0.1) is 6.92 Å². The van der Waals surface area contributed by atoms with Gasteiger partial charge in [0.15, 0.2) is 11.2 Å². The first-order valence-corrected chi connectivity index (χ1v) is 8.83. The third kappa shape index (κ3) is 3.50. The number of imidazole rings is 1. The molecule has 0 aromatic carbocycles. The van der Waals surface area contributed by atoms with E-state index in [1.807, 2.05) is 26.0 Å². The smallest absolute Gasteiger partial charge is 0.332 e. The highest BCUT2D eigenvalue weighted by molar-refractivity contribution is 5.72. The predicted octanol–water partition coefficient (Wildman–Crippen LogP) is 0.430. The Hall–Kier alpha value is -2.94. The van der Waals surface area contributed by atoms with E-state index in [9.17, 15) is 9.59 Å². The third-order valence-electron chi connectivity index (χ3n) is 4.30. The van der Waals surface area contributed by atoms with Gasteiger partial charge in [0, 0.05) is 26.4 Å². The molecule has 0 fully saturated rings. The van der Waals surface area contributed by atoms with Gasteiger partial charge in [0.05, 0.1) is 18.8 Å². The van der Waals surface area contributed by atoms with Gasteiger partial charge in [-0.1, -0.05) is 6.07 Å². The van der Waals surface area contributed by atoms with E-state index < -0.39 is 11.2 Å². The number of aryl methyl sites for hydroxylation is 2. The highest BCUT2D eigenvalue weighted by Crippen LogP contribution is 2.19. The van der Waals surface area contributed by atoms with Gasteiger partial charge in [-0.15, -0.1) is 0 Å². The first-order chi connectivity index (χ1) is 13.0. The molecule has 0 amide bonds. The Bertz CT molecular complexity index is 1060. The van der Waals surface area contributed by atoms with Gasteiger partial charge in [-0.3, -0.25) is 23.5 Å². The first kappa shape index (κ1) is 18.8. The highest BCUT2D eigenvalue weighted by Gasteiger charge is 2.21. The number of nitrogens with zero attached hydrogens (tertiary/aromatic N) is 5. The van der Waals surface area contributed by atoms with Crippen molar-refractivity contribution in [2.75, 3.05) is 13.2 Å². The van der Waals surface area contributed by atoms with Crippen LogP contribution in [-0.4, -0.2) is 42.0 Å². The highest BCUT2D eigenvalue weighted by atomic mass is 16.5. The van der Waals surface area contributed by atoms with Gasteiger partial charge < -0.3 is 9.84 Å². The van der Waals surface area contributed by atoms with Gasteiger partial charge >= 0.3 is 5.69 Å². The van der Waals surface area contributed by atoms with E-state index in [0.717, 1.165) is 15.8 Å². The van der Waals surface area contributed by atoms with Crippen molar-refractivity contribution in [3.8, 4) is 6.01 Å². The fourth-order valence-electron chi connectivity index (χ4n) is 2.92. The number of aliphatic hydroxyl groups is 1. The Morgan fingerprint density at radius 1 is 1.22 bits per heavy atom. The minimum Gasteiger partial charge on any atom is -0.465 e. The summed E-state index contributed by atoms with van der Waals surface area (Å²) < 4.78 is 9.71. The Kier molecular flexibility index (Phi) is 5.41. The maximum atomic E-state index is 13.0. The normalized spacial score (nSPS) is 11.3. The van der Waals surface area contributed by atoms with Crippen molar-refractivity contribution in [1.82, 2.24) is 23.7 Å². The maximum Gasteiger partial charge on any atom is 0.332 e. The van der Waals surface area contributed by atoms with E-state index in [-0.39, 0.29) is 30.3 Å². The summed E-state index contributed by atoms with van der Waals surface area (Å²) in [5.74, 6) is 0. The Morgan fingerprint density at radius 2 is 2.00 bits per heavy atom. The molecule has 1 N–H and O–H groups in total. The number of hydrogen-bond donors (Lipinski definition) is 1. The van der Waals surface area contributed by atoms with Crippen LogP contribution in [0.4, 0.5) is 0 Å². The summed E-state index contributed by atoms with van der Waals surface area (Å²) in [5, 5.41) is 9.07. The molecule has 144 valence electrons. The minimum atomic E-state index is -0.470. The van der Waals surface area contributed by atoms with Gasteiger partial charge in [0.25, 0.3) is 11.6 Å². The second-order valence-electron chi connectivity index (χ2n) is 6.29. The molecule has 0 aliphatic rings. The Morgan fingerprint density at radius 3 is 2.63 bits per heavy atom. The molecule has 0 spiro atoms. The molecule has 0 radical (unpaired) electrons. The van der Waals surface area contributed by atoms with E-state index in [1.54, 1.807) is 17.8 Å². The molecular formula is C18H23N5O4. The van der Waals surface area contributed by atoms with Gasteiger partial charge in [-0.05, 0) is 31.9 Å². The quantitative estimate of drug-likeness (QED) is 0.644. The van der Waals surface area contributed by atoms with Crippen LogP contribution in [0.3, 0.4) is 0 Å². The van der Waals surface area contributed by atoms with Crippen molar-refractivity contribution in [3.63, 3.8) is 0 Å². The number of ether oxygens (including phenoxy) is 1. The zero-order valence-corrected chi connectivity index (χ0v) is 15.7. The van der Waals surface area contributed by atoms with Crippen LogP contribution in [-0.2, 0) is 20.1 Å². The lowest BCUT2D eigenvalue weighted by atomic mass is 10.3. The zero-order chi connectivity index (χ0) is 19.6. The van der Waals surface area contributed by atoms with Crippen molar-refractivity contribution in [3.05, 3.63) is 50.4 Å². The van der Waals surface area contributed by atoms with Gasteiger partial charge in [0.1, 0.15) is 0 Å². The molecule has 0 saturated carbocycles. The average Bonchev–Trinajstić information content (AvgIpc) is 3.00. The molecule has 3 aromatic rings. The molecule has 0 bridgehead atoms. The van der Waals surface area contributed by atoms with E-state index in [0.29, 0.717) is 19.6 Å². The summed E-state index contributed by atoms with van der Waals surface area (Å²) in [7, 11) is 1.57. The molecular weight excluding hydrogens is 350 g/mol. The van der Waals surface area contributed by atoms with E-state index >= 15 is 0 Å². The second-order valence-corrected chi connectivity index (χ2v) is 6.29. The largest absolute Gasteiger partial charge is 0.465 e. The van der Waals surface area contributed by atoms with Crippen molar-refractivity contribution in [2.24, 2.45) is 7.05 Å². The van der Waals surface area contributed by atoms with E-state index in [2.05, 4.69) is 9.97 Å². The van der Waals surface area contributed by atoms with Crippen molar-refractivity contribution < 1.29 is 9.84 Å². The van der Waals surface area contributed by atoms with Crippen molar-refractivity contribution >= 4 is 11.2 Å². The monoisotopic (exact) mass is 373 g/mol. The molecule has 0 aliphatic heterocycles. The van der Waals surface area contributed by atoms with Crippen molar-refractivity contribution in [1.29, 1.82) is 0 Å². The van der Waals surface area contributed by atoms with E-state index in [1.165, 1.54) is 4.57 Å². The van der Waals surface area contributed by atoms with Crippen molar-refractivity contribution in [2.45, 2.75) is 33.4 Å². The van der Waals surface area contributed by atoms with Crippen LogP contribution in [0.1, 0.15) is 24.6 Å². The van der Waals surface area contributed by atoms with Crippen LogP contribution in [0.2, 0.25) is 0 Å². The topological polar surface area (TPSA) is 104 Å². The number of aliphatic hydroxyl groups excluding tert-OH is 1. The van der Waals surface area contributed by atoms with E-state index in [4.69, 9.17) is 9.84 Å². The molecule has 3 heterocycles. The molecule has 0 saturated heterocycles. The lowest BCUT2D eigenvalue weighted by Gasteiger charge is -2.10. The summed E-state index contributed by atoms with van der Waals surface area (Å²) in [6.45, 7) is 4.47. The van der Waals surface area contributed by atoms with Crippen LogP contribution < -0.4 is 16.0 Å². The summed E-state index contributed by atoms with van der Waals surface area (Å²) in [4.78, 5) is 34.3. The summed E-state index contributed by atoms with van der Waals surface area (Å²) >= 11 is 0. The Labute approximate surface area is 155 Å². The lowest BCUT2D eigenvalue weighted by Crippen LogP contribution is -2.40. The molecule has 3 aromatic heterocycles. The lowest BCUT2D eigenvalue weighted by molar-refractivity contribution is 0.277. The first-order valence-electron chi connectivity index (χ1n) is 8.83. The summed E-state index contributed by atoms with van der Waals surface area (Å²) in [5.41, 5.74) is 1.40. The maximum absolute atomic E-state index is 13.0. The molecule has 0 atom stereocenters. The number of rotatable bonds is 7. The SMILES string of the molecule is CCOc1nc2c(c(=O)n(CCCO)c(=O)n2C)n1Cc1ccc(C)cn1. The molecule has 0 aliphatic carbocycles. The molecule has 9 heteroatoms. The zero-order valence-electron chi connectivity index (χ0n) is 15.7. The summed E-state index contributed by atoms with van der Waals surface area (Å²) in [6.07, 6.45) is 2.07. The standard InChI is InChI=1S/C18H23N5O4/c1-4-27-17-20-15-14(23(17)11-13-7-6-12(2)10-19-13)16(25)22(8-5-9-24)18(26)21(15)3/h6-7,10,24H,4-5,8-9,11H2,1-3H3. The Balaban J connectivity index is 2.24. The molecule has 0 unspecified atom stereocenters.